The van der Waals surface area contributed by atoms with Crippen LogP contribution in [0.2, 0.25) is 0 Å². The van der Waals surface area contributed by atoms with E-state index in [4.69, 9.17) is 19.4 Å². The van der Waals surface area contributed by atoms with Gasteiger partial charge in [-0.2, -0.15) is 0 Å². The molecule has 0 saturated heterocycles. The van der Waals surface area contributed by atoms with Gasteiger partial charge < -0.3 is 4.42 Å². The smallest absolute Gasteiger partial charge is 0.164 e. The summed E-state index contributed by atoms with van der Waals surface area (Å²) in [5, 5.41) is 6.60. The molecule has 9 aromatic carbocycles. The van der Waals surface area contributed by atoms with E-state index < -0.39 is 0 Å². The Bertz CT molecular complexity index is 3260. The number of hydrogen-bond donors (Lipinski definition) is 0. The van der Waals surface area contributed by atoms with Crippen LogP contribution in [0, 0.1) is 0 Å². The Morgan fingerprint density at radius 2 is 0.702 bits per heavy atom. The summed E-state index contributed by atoms with van der Waals surface area (Å²) >= 11 is 0. The summed E-state index contributed by atoms with van der Waals surface area (Å²) in [5.41, 5.74) is 11.5. The molecule has 266 valence electrons. The highest BCUT2D eigenvalue weighted by Gasteiger charge is 2.20. The lowest BCUT2D eigenvalue weighted by molar-refractivity contribution is 0.672. The Hall–Kier alpha value is -7.69. The standard InChI is InChI=1S/C53H33N3O/c1-4-14-34(15-5-1)36-24-26-38(27-25-36)52-54-51(37-18-8-3-9-19-37)55-53(56-52)45-31-30-42(40-20-10-11-21-41(40)45)46-33-48-44-22-12-13-23-49(44)57-50(48)47-32-39(28-29-43(46)47)35-16-6-2-7-17-35/h1-33H. The summed E-state index contributed by atoms with van der Waals surface area (Å²) in [5.74, 6) is 1.89. The largest absolute Gasteiger partial charge is 0.455 e. The summed E-state index contributed by atoms with van der Waals surface area (Å²) in [4.78, 5) is 15.3. The maximum absolute atomic E-state index is 6.61. The van der Waals surface area contributed by atoms with Gasteiger partial charge in [0.25, 0.3) is 0 Å². The molecule has 0 fully saturated rings. The summed E-state index contributed by atoms with van der Waals surface area (Å²) in [6, 6.07) is 69.9. The van der Waals surface area contributed by atoms with Gasteiger partial charge in [-0.05, 0) is 73.8 Å². The average Bonchev–Trinajstić information content (AvgIpc) is 3.68. The molecule has 0 aliphatic rings. The summed E-state index contributed by atoms with van der Waals surface area (Å²) in [7, 11) is 0. The molecule has 0 amide bonds. The fourth-order valence-electron chi connectivity index (χ4n) is 8.14. The van der Waals surface area contributed by atoms with Gasteiger partial charge in [0, 0.05) is 32.8 Å². The Morgan fingerprint density at radius 3 is 1.39 bits per heavy atom. The van der Waals surface area contributed by atoms with Crippen molar-refractivity contribution in [2.45, 2.75) is 0 Å². The molecule has 0 unspecified atom stereocenters. The Balaban J connectivity index is 1.11. The van der Waals surface area contributed by atoms with E-state index in [1.807, 2.05) is 42.5 Å². The van der Waals surface area contributed by atoms with Crippen LogP contribution in [-0.4, -0.2) is 15.0 Å². The van der Waals surface area contributed by atoms with E-state index in [1.165, 1.54) is 11.1 Å². The lowest BCUT2D eigenvalue weighted by Crippen LogP contribution is -2.01. The fraction of sp³-hybridized carbons (Fsp3) is 0. The number of para-hydroxylation sites is 1. The second-order valence-electron chi connectivity index (χ2n) is 14.3. The van der Waals surface area contributed by atoms with Gasteiger partial charge in [0.1, 0.15) is 11.2 Å². The number of hydrogen-bond acceptors (Lipinski definition) is 4. The zero-order chi connectivity index (χ0) is 37.7. The quantitative estimate of drug-likeness (QED) is 0.171. The van der Waals surface area contributed by atoms with Crippen LogP contribution in [0.4, 0.5) is 0 Å². The minimum atomic E-state index is 0.627. The highest BCUT2D eigenvalue weighted by Crippen LogP contribution is 2.44. The van der Waals surface area contributed by atoms with Crippen LogP contribution in [-0.2, 0) is 0 Å². The van der Waals surface area contributed by atoms with Crippen LogP contribution in [0.15, 0.2) is 205 Å². The highest BCUT2D eigenvalue weighted by molar-refractivity contribution is 6.21. The topological polar surface area (TPSA) is 51.8 Å². The molecule has 0 saturated carbocycles. The first-order valence-electron chi connectivity index (χ1n) is 19.2. The van der Waals surface area contributed by atoms with E-state index in [9.17, 15) is 0 Å². The van der Waals surface area contributed by atoms with Crippen molar-refractivity contribution >= 4 is 43.5 Å². The van der Waals surface area contributed by atoms with Gasteiger partial charge in [-0.1, -0.05) is 176 Å². The number of fused-ring (bicyclic) bond motifs is 6. The molecule has 0 radical (unpaired) electrons. The van der Waals surface area contributed by atoms with Crippen LogP contribution in [0.5, 0.6) is 0 Å². The zero-order valence-corrected chi connectivity index (χ0v) is 30.8. The first kappa shape index (κ1) is 32.7. The lowest BCUT2D eigenvalue weighted by Gasteiger charge is -2.15. The molecule has 0 aliphatic carbocycles. The van der Waals surface area contributed by atoms with Crippen molar-refractivity contribution in [1.82, 2.24) is 15.0 Å². The van der Waals surface area contributed by atoms with Crippen molar-refractivity contribution in [3.8, 4) is 67.5 Å². The van der Waals surface area contributed by atoms with Gasteiger partial charge in [-0.15, -0.1) is 0 Å². The van der Waals surface area contributed by atoms with E-state index in [1.54, 1.807) is 0 Å². The van der Waals surface area contributed by atoms with E-state index >= 15 is 0 Å². The molecule has 4 heteroatoms. The second-order valence-corrected chi connectivity index (χ2v) is 14.3. The van der Waals surface area contributed by atoms with Gasteiger partial charge in [-0.3, -0.25) is 0 Å². The van der Waals surface area contributed by atoms with Crippen LogP contribution < -0.4 is 0 Å². The van der Waals surface area contributed by atoms with E-state index in [0.29, 0.717) is 17.5 Å². The molecule has 0 N–H and O–H groups in total. The molecule has 11 aromatic rings. The average molecular weight is 728 g/mol. The molecule has 0 aliphatic heterocycles. The van der Waals surface area contributed by atoms with E-state index in [0.717, 1.165) is 82.4 Å². The molecule has 0 atom stereocenters. The third kappa shape index (κ3) is 5.74. The summed E-state index contributed by atoms with van der Waals surface area (Å²) in [6.07, 6.45) is 0. The summed E-state index contributed by atoms with van der Waals surface area (Å²) in [6.45, 7) is 0. The number of nitrogens with zero attached hydrogens (tertiary/aromatic N) is 3. The number of furan rings is 1. The molecule has 2 aromatic heterocycles. The lowest BCUT2D eigenvalue weighted by atomic mass is 9.89. The minimum absolute atomic E-state index is 0.627. The van der Waals surface area contributed by atoms with Crippen LogP contribution in [0.25, 0.3) is 111 Å². The van der Waals surface area contributed by atoms with Crippen molar-refractivity contribution in [3.63, 3.8) is 0 Å². The predicted molar refractivity (Wildman–Crippen MR) is 235 cm³/mol. The summed E-state index contributed by atoms with van der Waals surface area (Å²) < 4.78 is 6.61. The van der Waals surface area contributed by atoms with Gasteiger partial charge in [0.2, 0.25) is 0 Å². The molecule has 11 rings (SSSR count). The molecule has 0 spiro atoms. The molecular formula is C53H33N3O. The molecule has 57 heavy (non-hydrogen) atoms. The minimum Gasteiger partial charge on any atom is -0.455 e. The van der Waals surface area contributed by atoms with Crippen LogP contribution in [0.1, 0.15) is 0 Å². The highest BCUT2D eigenvalue weighted by atomic mass is 16.3. The third-order valence-corrected chi connectivity index (χ3v) is 11.0. The van der Waals surface area contributed by atoms with Gasteiger partial charge in [0.15, 0.2) is 17.5 Å². The predicted octanol–water partition coefficient (Wildman–Crippen LogP) is 14.1. The van der Waals surface area contributed by atoms with Crippen molar-refractivity contribution in [2.24, 2.45) is 0 Å². The van der Waals surface area contributed by atoms with Crippen LogP contribution >= 0.6 is 0 Å². The van der Waals surface area contributed by atoms with Crippen molar-refractivity contribution in [3.05, 3.63) is 200 Å². The maximum Gasteiger partial charge on any atom is 0.164 e. The Labute approximate surface area is 329 Å². The molecule has 4 nitrogen and oxygen atoms in total. The molecule has 0 bridgehead atoms. The third-order valence-electron chi connectivity index (χ3n) is 11.0. The SMILES string of the molecule is c1ccc(-c2ccc(-c3nc(-c4ccccc4)nc(-c4ccc(-c5cc6c7ccccc7oc6c6cc(-c7ccccc7)ccc56)c5ccccc45)n3)cc2)cc1. The normalized spacial score (nSPS) is 11.5. The number of benzene rings is 9. The van der Waals surface area contributed by atoms with Crippen LogP contribution in [0.3, 0.4) is 0 Å². The molecule has 2 heterocycles. The van der Waals surface area contributed by atoms with Gasteiger partial charge >= 0.3 is 0 Å². The van der Waals surface area contributed by atoms with Crippen molar-refractivity contribution < 1.29 is 4.42 Å². The first-order valence-corrected chi connectivity index (χ1v) is 19.2. The maximum atomic E-state index is 6.61. The van der Waals surface area contributed by atoms with Crippen molar-refractivity contribution in [2.75, 3.05) is 0 Å². The van der Waals surface area contributed by atoms with Gasteiger partial charge in [-0.25, -0.2) is 15.0 Å². The van der Waals surface area contributed by atoms with Crippen molar-refractivity contribution in [1.29, 1.82) is 0 Å². The zero-order valence-electron chi connectivity index (χ0n) is 30.8. The fourth-order valence-corrected chi connectivity index (χ4v) is 8.14. The Morgan fingerprint density at radius 1 is 0.263 bits per heavy atom. The second kappa shape index (κ2) is 13.6. The molecular weight excluding hydrogens is 695 g/mol. The van der Waals surface area contributed by atoms with E-state index in [2.05, 4.69) is 158 Å². The van der Waals surface area contributed by atoms with Gasteiger partial charge in [0.05, 0.1) is 0 Å². The van der Waals surface area contributed by atoms with E-state index in [-0.39, 0.29) is 0 Å². The number of rotatable bonds is 6. The monoisotopic (exact) mass is 727 g/mol. The Kier molecular flexibility index (Phi) is 7.78. The first-order chi connectivity index (χ1) is 28.2. The number of aromatic nitrogens is 3.